The fourth-order valence-corrected chi connectivity index (χ4v) is 2.95. The molecule has 4 rings (SSSR count). The van der Waals surface area contributed by atoms with Gasteiger partial charge in [0.15, 0.2) is 5.65 Å². The van der Waals surface area contributed by atoms with E-state index in [9.17, 15) is 0 Å². The molecule has 0 radical (unpaired) electrons. The van der Waals surface area contributed by atoms with Crippen molar-refractivity contribution in [2.24, 2.45) is 0 Å². The lowest BCUT2D eigenvalue weighted by Gasteiger charge is -2.19. The first-order chi connectivity index (χ1) is 9.81. The Hall–Kier alpha value is -2.07. The van der Waals surface area contributed by atoms with Gasteiger partial charge in [0, 0.05) is 46.8 Å². The Labute approximate surface area is 121 Å². The largest absolute Gasteiger partial charge is 0.385 e. The fraction of sp³-hybridized carbons (Fsp3) is 0.200. The van der Waals surface area contributed by atoms with Gasteiger partial charge >= 0.3 is 0 Å². The third-order valence-electron chi connectivity index (χ3n) is 3.69. The van der Waals surface area contributed by atoms with Crippen LogP contribution in [0, 0.1) is 0 Å². The molecule has 0 aliphatic carbocycles. The van der Waals surface area contributed by atoms with E-state index in [1.165, 1.54) is 11.3 Å². The van der Waals surface area contributed by atoms with Crippen molar-refractivity contribution in [2.75, 3.05) is 11.9 Å². The summed E-state index contributed by atoms with van der Waals surface area (Å²) in [5.41, 5.74) is 5.27. The molecule has 0 fully saturated rings. The topological polar surface area (TPSA) is 42.2 Å². The van der Waals surface area contributed by atoms with Crippen LogP contribution >= 0.6 is 11.6 Å². The third-order valence-corrected chi connectivity index (χ3v) is 4.00. The highest BCUT2D eigenvalue weighted by atomic mass is 35.5. The molecule has 0 atom stereocenters. The van der Waals surface area contributed by atoms with Crippen LogP contribution in [-0.4, -0.2) is 21.1 Å². The number of fused-ring (bicyclic) bond motifs is 2. The lowest BCUT2D eigenvalue weighted by molar-refractivity contribution is 0.830. The number of aromatic nitrogens is 3. The minimum atomic E-state index is 0.765. The molecular formula is C15H13ClN4. The Bertz CT molecular complexity index is 794. The quantitative estimate of drug-likeness (QED) is 0.745. The molecule has 0 amide bonds. The second-order valence-corrected chi connectivity index (χ2v) is 5.40. The van der Waals surface area contributed by atoms with Crippen molar-refractivity contribution in [3.63, 3.8) is 0 Å². The van der Waals surface area contributed by atoms with Crippen molar-refractivity contribution in [3.05, 3.63) is 47.4 Å². The van der Waals surface area contributed by atoms with Crippen LogP contribution < -0.4 is 5.32 Å². The number of benzene rings is 1. The van der Waals surface area contributed by atoms with Crippen LogP contribution in [0.15, 0.2) is 36.8 Å². The highest BCUT2D eigenvalue weighted by Crippen LogP contribution is 2.34. The van der Waals surface area contributed by atoms with E-state index in [1.807, 2.05) is 18.5 Å². The number of anilines is 1. The van der Waals surface area contributed by atoms with Crippen molar-refractivity contribution in [1.82, 2.24) is 14.6 Å². The van der Waals surface area contributed by atoms with Crippen molar-refractivity contribution in [1.29, 1.82) is 0 Å². The van der Waals surface area contributed by atoms with Gasteiger partial charge in [-0.1, -0.05) is 11.6 Å². The number of rotatable bonds is 1. The van der Waals surface area contributed by atoms with E-state index in [1.54, 1.807) is 10.7 Å². The zero-order valence-electron chi connectivity index (χ0n) is 10.8. The second kappa shape index (κ2) is 4.49. The summed E-state index contributed by atoms with van der Waals surface area (Å²) in [6.45, 7) is 1.02. The van der Waals surface area contributed by atoms with E-state index in [4.69, 9.17) is 11.6 Å². The summed E-state index contributed by atoms with van der Waals surface area (Å²) >= 11 is 6.44. The molecule has 0 bridgehead atoms. The number of aryl methyl sites for hydroxylation is 1. The van der Waals surface area contributed by atoms with Gasteiger partial charge in [0.25, 0.3) is 0 Å². The predicted octanol–water partition coefficient (Wildman–Crippen LogP) is 3.41. The van der Waals surface area contributed by atoms with Crippen LogP contribution in [0.5, 0.6) is 0 Å². The normalized spacial score (nSPS) is 14.1. The number of hydrogen-bond acceptors (Lipinski definition) is 3. The van der Waals surface area contributed by atoms with E-state index < -0.39 is 0 Å². The molecule has 1 aliphatic rings. The van der Waals surface area contributed by atoms with Crippen LogP contribution in [-0.2, 0) is 6.42 Å². The van der Waals surface area contributed by atoms with E-state index in [0.717, 1.165) is 41.2 Å². The molecular weight excluding hydrogens is 272 g/mol. The summed E-state index contributed by atoms with van der Waals surface area (Å²) in [5.74, 6) is 0. The molecule has 0 spiro atoms. The molecule has 1 N–H and O–H groups in total. The monoisotopic (exact) mass is 284 g/mol. The molecule has 3 aromatic rings. The number of nitrogens with one attached hydrogen (secondary N) is 1. The SMILES string of the molecule is Clc1cc2c(cc1-c1cnc3ccnn3c1)NCCC2. The summed E-state index contributed by atoms with van der Waals surface area (Å²) in [7, 11) is 0. The van der Waals surface area contributed by atoms with E-state index in [2.05, 4.69) is 27.5 Å². The molecule has 20 heavy (non-hydrogen) atoms. The van der Waals surface area contributed by atoms with Gasteiger partial charge < -0.3 is 5.32 Å². The molecule has 1 aliphatic heterocycles. The Balaban J connectivity index is 1.88. The lowest BCUT2D eigenvalue weighted by atomic mass is 9.99. The van der Waals surface area contributed by atoms with Crippen LogP contribution in [0.25, 0.3) is 16.8 Å². The maximum atomic E-state index is 6.44. The Morgan fingerprint density at radius 3 is 3.20 bits per heavy atom. The van der Waals surface area contributed by atoms with Crippen LogP contribution in [0.4, 0.5) is 5.69 Å². The first kappa shape index (κ1) is 11.7. The summed E-state index contributed by atoms with van der Waals surface area (Å²) in [6, 6.07) is 6.05. The zero-order chi connectivity index (χ0) is 13.5. The maximum absolute atomic E-state index is 6.44. The smallest absolute Gasteiger partial charge is 0.154 e. The number of hydrogen-bond donors (Lipinski definition) is 1. The standard InChI is InChI=1S/C15H13ClN4/c16-13-6-10-2-1-4-17-14(10)7-12(13)11-8-18-15-3-5-19-20(15)9-11/h3,5-9,17H,1-2,4H2. The predicted molar refractivity (Wildman–Crippen MR) is 80.2 cm³/mol. The highest BCUT2D eigenvalue weighted by molar-refractivity contribution is 6.33. The number of halogens is 1. The van der Waals surface area contributed by atoms with Gasteiger partial charge in [0.05, 0.1) is 6.20 Å². The van der Waals surface area contributed by atoms with Crippen molar-refractivity contribution < 1.29 is 0 Å². The summed E-state index contributed by atoms with van der Waals surface area (Å²) in [5, 5.41) is 8.41. The molecule has 0 saturated carbocycles. The van der Waals surface area contributed by atoms with Crippen LogP contribution in [0.3, 0.4) is 0 Å². The molecule has 1 aromatic carbocycles. The summed E-state index contributed by atoms with van der Waals surface area (Å²) in [6.07, 6.45) is 7.77. The molecule has 100 valence electrons. The second-order valence-electron chi connectivity index (χ2n) is 5.00. The third kappa shape index (κ3) is 1.84. The van der Waals surface area contributed by atoms with Crippen LogP contribution in [0.1, 0.15) is 12.0 Å². The van der Waals surface area contributed by atoms with Crippen molar-refractivity contribution >= 4 is 22.9 Å². The zero-order valence-corrected chi connectivity index (χ0v) is 11.6. The molecule has 3 heterocycles. The molecule has 4 nitrogen and oxygen atoms in total. The summed E-state index contributed by atoms with van der Waals surface area (Å²) in [4.78, 5) is 4.39. The van der Waals surface area contributed by atoms with Gasteiger partial charge in [-0.05, 0) is 30.5 Å². The van der Waals surface area contributed by atoms with Gasteiger partial charge in [-0.15, -0.1) is 0 Å². The average Bonchev–Trinajstić information content (AvgIpc) is 2.94. The van der Waals surface area contributed by atoms with Gasteiger partial charge in [0.2, 0.25) is 0 Å². The van der Waals surface area contributed by atoms with Gasteiger partial charge in [-0.25, -0.2) is 9.50 Å². The van der Waals surface area contributed by atoms with E-state index in [0.29, 0.717) is 0 Å². The van der Waals surface area contributed by atoms with Gasteiger partial charge in [-0.3, -0.25) is 0 Å². The Morgan fingerprint density at radius 1 is 1.30 bits per heavy atom. The van der Waals surface area contributed by atoms with Crippen molar-refractivity contribution in [3.8, 4) is 11.1 Å². The lowest BCUT2D eigenvalue weighted by Crippen LogP contribution is -2.11. The molecule has 5 heteroatoms. The Morgan fingerprint density at radius 2 is 2.25 bits per heavy atom. The summed E-state index contributed by atoms with van der Waals surface area (Å²) < 4.78 is 1.76. The fourth-order valence-electron chi connectivity index (χ4n) is 2.66. The maximum Gasteiger partial charge on any atom is 0.154 e. The number of nitrogens with zero attached hydrogens (tertiary/aromatic N) is 3. The molecule has 0 saturated heterocycles. The van der Waals surface area contributed by atoms with E-state index >= 15 is 0 Å². The van der Waals surface area contributed by atoms with Crippen LogP contribution in [0.2, 0.25) is 5.02 Å². The minimum absolute atomic E-state index is 0.765. The molecule has 2 aromatic heterocycles. The minimum Gasteiger partial charge on any atom is -0.385 e. The highest BCUT2D eigenvalue weighted by Gasteiger charge is 2.14. The van der Waals surface area contributed by atoms with Gasteiger partial charge in [-0.2, -0.15) is 5.10 Å². The van der Waals surface area contributed by atoms with Gasteiger partial charge in [0.1, 0.15) is 0 Å². The Kier molecular flexibility index (Phi) is 2.63. The van der Waals surface area contributed by atoms with Crippen molar-refractivity contribution in [2.45, 2.75) is 12.8 Å². The first-order valence-electron chi connectivity index (χ1n) is 6.67. The molecule has 0 unspecified atom stereocenters. The van der Waals surface area contributed by atoms with E-state index in [-0.39, 0.29) is 0 Å². The first-order valence-corrected chi connectivity index (χ1v) is 7.05. The average molecular weight is 285 g/mol.